The van der Waals surface area contributed by atoms with Crippen LogP contribution in [0.4, 0.5) is 0 Å². The third-order valence-corrected chi connectivity index (χ3v) is 4.06. The van der Waals surface area contributed by atoms with Crippen LogP contribution in [0.1, 0.15) is 50.0 Å². The van der Waals surface area contributed by atoms with Gasteiger partial charge in [0.2, 0.25) is 0 Å². The van der Waals surface area contributed by atoms with Gasteiger partial charge >= 0.3 is 0 Å². The van der Waals surface area contributed by atoms with Crippen LogP contribution in [-0.2, 0) is 0 Å². The molecule has 18 heavy (non-hydrogen) atoms. The van der Waals surface area contributed by atoms with Gasteiger partial charge in [0, 0.05) is 6.04 Å². The smallest absolute Gasteiger partial charge is 0.00732 e. The van der Waals surface area contributed by atoms with Gasteiger partial charge in [0.1, 0.15) is 0 Å². The first-order valence-electron chi connectivity index (χ1n) is 7.24. The molecule has 1 aliphatic rings. The minimum absolute atomic E-state index is 0.402. The van der Waals surface area contributed by atoms with Crippen molar-refractivity contribution in [3.8, 4) is 0 Å². The zero-order chi connectivity index (χ0) is 12.8. The van der Waals surface area contributed by atoms with Crippen molar-refractivity contribution in [2.75, 3.05) is 0 Å². The second-order valence-electron chi connectivity index (χ2n) is 5.51. The lowest BCUT2D eigenvalue weighted by Gasteiger charge is -2.11. The summed E-state index contributed by atoms with van der Waals surface area (Å²) in [5, 5.41) is 0. The Bertz CT molecular complexity index is 357. The van der Waals surface area contributed by atoms with Gasteiger partial charge in [0.25, 0.3) is 0 Å². The molecule has 0 aromatic heterocycles. The number of rotatable bonds is 8. The summed E-state index contributed by atoms with van der Waals surface area (Å²) in [5.41, 5.74) is 7.78. The maximum atomic E-state index is 6.30. The Hall–Kier alpha value is -1.08. The molecule has 1 saturated carbocycles. The topological polar surface area (TPSA) is 26.0 Å². The first-order chi connectivity index (χ1) is 8.83. The highest BCUT2D eigenvalue weighted by Crippen LogP contribution is 2.49. The molecule has 1 heteroatoms. The zero-order valence-corrected chi connectivity index (χ0v) is 11.2. The van der Waals surface area contributed by atoms with E-state index in [1.165, 1.54) is 37.7 Å². The third kappa shape index (κ3) is 3.71. The average molecular weight is 243 g/mol. The van der Waals surface area contributed by atoms with Crippen molar-refractivity contribution in [3.05, 3.63) is 48.6 Å². The van der Waals surface area contributed by atoms with Crippen LogP contribution >= 0.6 is 0 Å². The van der Waals surface area contributed by atoms with Crippen LogP contribution in [0, 0.1) is 5.92 Å². The Labute approximate surface area is 111 Å². The van der Waals surface area contributed by atoms with Crippen LogP contribution in [0.25, 0.3) is 0 Å². The molecule has 1 aliphatic carbocycles. The summed E-state index contributed by atoms with van der Waals surface area (Å²) in [4.78, 5) is 0. The van der Waals surface area contributed by atoms with Gasteiger partial charge in [0.15, 0.2) is 0 Å². The number of nitrogens with two attached hydrogens (primary N) is 1. The molecule has 0 bridgehead atoms. The van der Waals surface area contributed by atoms with E-state index in [1.54, 1.807) is 0 Å². The second kappa shape index (κ2) is 6.75. The van der Waals surface area contributed by atoms with Crippen LogP contribution in [0.3, 0.4) is 0 Å². The quantitative estimate of drug-likeness (QED) is 0.536. The van der Waals surface area contributed by atoms with E-state index in [4.69, 9.17) is 5.73 Å². The summed E-state index contributed by atoms with van der Waals surface area (Å²) in [6.45, 7) is 3.75. The van der Waals surface area contributed by atoms with Gasteiger partial charge in [0.05, 0.1) is 0 Å². The molecule has 0 amide bonds. The fourth-order valence-electron chi connectivity index (χ4n) is 2.83. The standard InChI is InChI=1S/C17H25N/c1-2-3-4-5-9-12-17(18)16-13-15(16)14-10-7-6-8-11-14/h2,6-8,10-11,15-17H,1,3-5,9,12-13,18H2. The van der Waals surface area contributed by atoms with E-state index in [2.05, 4.69) is 36.9 Å². The van der Waals surface area contributed by atoms with Gasteiger partial charge < -0.3 is 5.73 Å². The molecule has 1 aromatic carbocycles. The third-order valence-electron chi connectivity index (χ3n) is 4.06. The first-order valence-corrected chi connectivity index (χ1v) is 7.24. The van der Waals surface area contributed by atoms with Crippen molar-refractivity contribution in [1.82, 2.24) is 0 Å². The van der Waals surface area contributed by atoms with Crippen LogP contribution in [0.5, 0.6) is 0 Å². The molecule has 0 aliphatic heterocycles. The van der Waals surface area contributed by atoms with Crippen molar-refractivity contribution >= 4 is 0 Å². The molecular formula is C17H25N. The summed E-state index contributed by atoms with van der Waals surface area (Å²) in [6.07, 6.45) is 9.46. The molecule has 0 radical (unpaired) electrons. The Kier molecular flexibility index (Phi) is 5.00. The fourth-order valence-corrected chi connectivity index (χ4v) is 2.83. The van der Waals surface area contributed by atoms with Crippen molar-refractivity contribution in [1.29, 1.82) is 0 Å². The largest absolute Gasteiger partial charge is 0.327 e. The highest BCUT2D eigenvalue weighted by atomic mass is 14.7. The molecule has 1 aromatic rings. The molecule has 0 saturated heterocycles. The van der Waals surface area contributed by atoms with E-state index in [0.717, 1.165) is 18.3 Å². The van der Waals surface area contributed by atoms with Crippen LogP contribution < -0.4 is 5.73 Å². The number of unbranched alkanes of at least 4 members (excludes halogenated alkanes) is 3. The number of hydrogen-bond donors (Lipinski definition) is 1. The molecular weight excluding hydrogens is 218 g/mol. The lowest BCUT2D eigenvalue weighted by atomic mass is 10.0. The normalized spacial score (nSPS) is 23.6. The molecule has 0 heterocycles. The summed E-state index contributed by atoms with van der Waals surface area (Å²) in [5.74, 6) is 1.46. The van der Waals surface area contributed by atoms with E-state index >= 15 is 0 Å². The van der Waals surface area contributed by atoms with Gasteiger partial charge in [-0.25, -0.2) is 0 Å². The lowest BCUT2D eigenvalue weighted by molar-refractivity contribution is 0.502. The van der Waals surface area contributed by atoms with Gasteiger partial charge in [-0.2, -0.15) is 0 Å². The predicted octanol–water partition coefficient (Wildman–Crippen LogP) is 4.25. The molecule has 3 atom stereocenters. The SMILES string of the molecule is C=CCCCCCC(N)C1CC1c1ccccc1. The Morgan fingerprint density at radius 3 is 2.72 bits per heavy atom. The van der Waals surface area contributed by atoms with E-state index in [-0.39, 0.29) is 0 Å². The van der Waals surface area contributed by atoms with E-state index in [1.807, 2.05) is 6.08 Å². The van der Waals surface area contributed by atoms with E-state index in [0.29, 0.717) is 6.04 Å². The Morgan fingerprint density at radius 1 is 1.22 bits per heavy atom. The summed E-state index contributed by atoms with van der Waals surface area (Å²) >= 11 is 0. The van der Waals surface area contributed by atoms with Crippen molar-refractivity contribution < 1.29 is 0 Å². The summed E-state index contributed by atoms with van der Waals surface area (Å²) in [7, 11) is 0. The van der Waals surface area contributed by atoms with Gasteiger partial charge in [-0.15, -0.1) is 6.58 Å². The number of hydrogen-bond acceptors (Lipinski definition) is 1. The maximum Gasteiger partial charge on any atom is 0.00732 e. The van der Waals surface area contributed by atoms with Crippen molar-refractivity contribution in [3.63, 3.8) is 0 Å². The highest BCUT2D eigenvalue weighted by Gasteiger charge is 2.41. The molecule has 0 spiro atoms. The number of benzene rings is 1. The minimum Gasteiger partial charge on any atom is -0.327 e. The second-order valence-corrected chi connectivity index (χ2v) is 5.51. The van der Waals surface area contributed by atoms with Crippen LogP contribution in [-0.4, -0.2) is 6.04 Å². The van der Waals surface area contributed by atoms with E-state index < -0.39 is 0 Å². The van der Waals surface area contributed by atoms with Gasteiger partial charge in [-0.3, -0.25) is 0 Å². The molecule has 2 N–H and O–H groups in total. The first kappa shape index (κ1) is 13.4. The van der Waals surface area contributed by atoms with Gasteiger partial charge in [-0.1, -0.05) is 49.2 Å². The maximum absolute atomic E-state index is 6.30. The molecule has 98 valence electrons. The molecule has 2 rings (SSSR count). The Balaban J connectivity index is 1.66. The van der Waals surface area contributed by atoms with E-state index in [9.17, 15) is 0 Å². The molecule has 1 nitrogen and oxygen atoms in total. The highest BCUT2D eigenvalue weighted by molar-refractivity contribution is 5.26. The molecule has 1 fully saturated rings. The Morgan fingerprint density at radius 2 is 2.00 bits per heavy atom. The fraction of sp³-hybridized carbons (Fsp3) is 0.529. The monoisotopic (exact) mass is 243 g/mol. The molecule has 3 unspecified atom stereocenters. The summed E-state index contributed by atoms with van der Waals surface area (Å²) in [6, 6.07) is 11.2. The summed E-state index contributed by atoms with van der Waals surface area (Å²) < 4.78 is 0. The van der Waals surface area contributed by atoms with Crippen LogP contribution in [0.2, 0.25) is 0 Å². The van der Waals surface area contributed by atoms with Crippen molar-refractivity contribution in [2.45, 2.75) is 50.5 Å². The predicted molar refractivity (Wildman–Crippen MR) is 78.5 cm³/mol. The average Bonchev–Trinajstić information content (AvgIpc) is 3.20. The van der Waals surface area contributed by atoms with Crippen molar-refractivity contribution in [2.24, 2.45) is 11.7 Å². The zero-order valence-electron chi connectivity index (χ0n) is 11.2. The van der Waals surface area contributed by atoms with Gasteiger partial charge in [-0.05, 0) is 43.1 Å². The van der Waals surface area contributed by atoms with Crippen LogP contribution in [0.15, 0.2) is 43.0 Å². The lowest BCUT2D eigenvalue weighted by Crippen LogP contribution is -2.23. The minimum atomic E-state index is 0.402. The number of allylic oxidation sites excluding steroid dienone is 1.